The zero-order chi connectivity index (χ0) is 15.0. The second-order valence-electron chi connectivity index (χ2n) is 4.80. The summed E-state index contributed by atoms with van der Waals surface area (Å²) in [6.45, 7) is 4.88. The second kappa shape index (κ2) is 8.68. The number of nitrogens with one attached hydrogen (secondary N) is 2. The van der Waals surface area contributed by atoms with Crippen molar-refractivity contribution in [2.24, 2.45) is 0 Å². The van der Waals surface area contributed by atoms with Crippen LogP contribution in [0.25, 0.3) is 0 Å². The van der Waals surface area contributed by atoms with Gasteiger partial charge in [0.05, 0.1) is 11.9 Å². The molecule has 0 aliphatic carbocycles. The van der Waals surface area contributed by atoms with E-state index < -0.39 is 10.8 Å². The molecule has 0 aliphatic rings. The molecule has 1 aromatic rings. The van der Waals surface area contributed by atoms with E-state index in [9.17, 15) is 9.00 Å². The van der Waals surface area contributed by atoms with E-state index in [2.05, 4.69) is 22.5 Å². The smallest absolute Gasteiger partial charge is 0.270 e. The van der Waals surface area contributed by atoms with E-state index in [0.29, 0.717) is 17.9 Å². The van der Waals surface area contributed by atoms with Gasteiger partial charge in [-0.3, -0.25) is 9.00 Å². The number of carbonyl (C=O) groups excluding carboxylic acids is 1. The van der Waals surface area contributed by atoms with E-state index in [4.69, 9.17) is 0 Å². The molecule has 0 spiro atoms. The molecule has 0 saturated carbocycles. The van der Waals surface area contributed by atoms with E-state index in [1.807, 2.05) is 13.0 Å². The first-order chi connectivity index (χ1) is 9.52. The van der Waals surface area contributed by atoms with Gasteiger partial charge < -0.3 is 10.6 Å². The van der Waals surface area contributed by atoms with Gasteiger partial charge in [-0.25, -0.2) is 4.98 Å². The van der Waals surface area contributed by atoms with Gasteiger partial charge in [0.15, 0.2) is 0 Å². The molecule has 0 bridgehead atoms. The lowest BCUT2D eigenvalue weighted by molar-refractivity contribution is 0.0934. The Morgan fingerprint density at radius 2 is 2.20 bits per heavy atom. The molecule has 1 aromatic heterocycles. The predicted octanol–water partition coefficient (Wildman–Crippen LogP) is 1.79. The van der Waals surface area contributed by atoms with E-state index in [0.717, 1.165) is 18.7 Å². The Hall–Kier alpha value is -1.43. The molecule has 2 N–H and O–H groups in total. The first kappa shape index (κ1) is 16.6. The summed E-state index contributed by atoms with van der Waals surface area (Å²) in [6, 6.07) is 3.55. The number of rotatable bonds is 8. The molecule has 1 amide bonds. The van der Waals surface area contributed by atoms with Crippen molar-refractivity contribution in [3.63, 3.8) is 0 Å². The van der Waals surface area contributed by atoms with Crippen molar-refractivity contribution in [1.82, 2.24) is 10.3 Å². The molecule has 2 unspecified atom stereocenters. The van der Waals surface area contributed by atoms with Crippen LogP contribution in [0.5, 0.6) is 0 Å². The van der Waals surface area contributed by atoms with Crippen molar-refractivity contribution in [2.75, 3.05) is 23.9 Å². The summed E-state index contributed by atoms with van der Waals surface area (Å²) in [4.78, 5) is 16.1. The van der Waals surface area contributed by atoms with Crippen molar-refractivity contribution in [3.05, 3.63) is 24.0 Å². The molecule has 5 nitrogen and oxygen atoms in total. The minimum atomic E-state index is -0.827. The predicted molar refractivity (Wildman–Crippen MR) is 83.5 cm³/mol. The maximum absolute atomic E-state index is 12.0. The lowest BCUT2D eigenvalue weighted by Gasteiger charge is -2.13. The molecule has 0 radical (unpaired) electrons. The number of carbonyl (C=O) groups is 1. The average molecular weight is 297 g/mol. The van der Waals surface area contributed by atoms with Crippen LogP contribution in [-0.4, -0.2) is 39.7 Å². The monoisotopic (exact) mass is 297 g/mol. The number of pyridine rings is 1. The molecule has 2 atom stereocenters. The quantitative estimate of drug-likeness (QED) is 0.767. The van der Waals surface area contributed by atoms with Crippen molar-refractivity contribution in [1.29, 1.82) is 0 Å². The lowest BCUT2D eigenvalue weighted by Crippen LogP contribution is -2.34. The van der Waals surface area contributed by atoms with Crippen molar-refractivity contribution in [2.45, 2.75) is 32.7 Å². The number of amides is 1. The fraction of sp³-hybridized carbons (Fsp3) is 0.571. The number of nitrogens with zero attached hydrogens (tertiary/aromatic N) is 1. The number of hydrogen-bond donors (Lipinski definition) is 2. The van der Waals surface area contributed by atoms with Crippen LogP contribution in [0, 0.1) is 0 Å². The second-order valence-corrected chi connectivity index (χ2v) is 6.35. The maximum atomic E-state index is 12.0. The fourth-order valence-electron chi connectivity index (χ4n) is 1.61. The van der Waals surface area contributed by atoms with E-state index in [-0.39, 0.29) is 11.9 Å². The Labute approximate surface area is 123 Å². The summed E-state index contributed by atoms with van der Waals surface area (Å²) in [7, 11) is -0.827. The average Bonchev–Trinajstić information content (AvgIpc) is 2.43. The molecule has 1 rings (SSSR count). The topological polar surface area (TPSA) is 71.1 Å². The van der Waals surface area contributed by atoms with Gasteiger partial charge in [-0.1, -0.05) is 6.92 Å². The van der Waals surface area contributed by atoms with Gasteiger partial charge in [0.2, 0.25) is 0 Å². The first-order valence-electron chi connectivity index (χ1n) is 6.83. The largest absolute Gasteiger partial charge is 0.384 e. The third-order valence-corrected chi connectivity index (χ3v) is 3.60. The molecule has 0 aliphatic heterocycles. The van der Waals surface area contributed by atoms with Crippen LogP contribution < -0.4 is 10.6 Å². The summed E-state index contributed by atoms with van der Waals surface area (Å²) in [5.74, 6) is 0.399. The molecule has 6 heteroatoms. The zero-order valence-electron chi connectivity index (χ0n) is 12.3. The highest BCUT2D eigenvalue weighted by Gasteiger charge is 2.11. The Kier molecular flexibility index (Phi) is 7.22. The molecule has 1 heterocycles. The molecular formula is C14H23N3O2S. The molecule has 0 saturated heterocycles. The van der Waals surface area contributed by atoms with Crippen LogP contribution in [0.15, 0.2) is 18.3 Å². The van der Waals surface area contributed by atoms with Gasteiger partial charge in [0, 0.05) is 35.4 Å². The summed E-state index contributed by atoms with van der Waals surface area (Å²) in [5.41, 5.74) is 1.31. The van der Waals surface area contributed by atoms with E-state index in [1.54, 1.807) is 18.5 Å². The highest BCUT2D eigenvalue weighted by atomic mass is 32.2. The van der Waals surface area contributed by atoms with Crippen LogP contribution in [0.3, 0.4) is 0 Å². The third kappa shape index (κ3) is 6.14. The van der Waals surface area contributed by atoms with E-state index >= 15 is 0 Å². The highest BCUT2D eigenvalue weighted by Crippen LogP contribution is 2.06. The Morgan fingerprint density at radius 3 is 2.75 bits per heavy atom. The summed E-state index contributed by atoms with van der Waals surface area (Å²) >= 11 is 0. The normalized spacial score (nSPS) is 13.6. The molecule has 20 heavy (non-hydrogen) atoms. The molecule has 112 valence electrons. The zero-order valence-corrected chi connectivity index (χ0v) is 13.1. The standard InChI is InChI=1S/C14H23N3O2S/c1-4-8-15-12-5-6-13(16-10-12)14(18)17-11(2)7-9-20(3)19/h5-6,10-11,15H,4,7-9H2,1-3H3,(H,17,18). The van der Waals surface area contributed by atoms with Gasteiger partial charge in [0.1, 0.15) is 5.69 Å². The van der Waals surface area contributed by atoms with Gasteiger partial charge in [-0.2, -0.15) is 0 Å². The molecule has 0 aromatic carbocycles. The van der Waals surface area contributed by atoms with E-state index in [1.165, 1.54) is 0 Å². The van der Waals surface area contributed by atoms with Crippen LogP contribution >= 0.6 is 0 Å². The SMILES string of the molecule is CCCNc1ccc(C(=O)NC(C)CCS(C)=O)nc1. The minimum absolute atomic E-state index is 0.00825. The lowest BCUT2D eigenvalue weighted by atomic mass is 10.2. The number of aromatic nitrogens is 1. The third-order valence-electron chi connectivity index (χ3n) is 2.79. The summed E-state index contributed by atoms with van der Waals surface area (Å²) < 4.78 is 11.0. The van der Waals surface area contributed by atoms with Crippen molar-refractivity contribution in [3.8, 4) is 0 Å². The van der Waals surface area contributed by atoms with Crippen LogP contribution in [0.4, 0.5) is 5.69 Å². The van der Waals surface area contributed by atoms with Crippen molar-refractivity contribution < 1.29 is 9.00 Å². The Bertz CT molecular complexity index is 448. The van der Waals surface area contributed by atoms with Gasteiger partial charge in [-0.05, 0) is 31.9 Å². The number of anilines is 1. The van der Waals surface area contributed by atoms with Crippen LogP contribution in [0.1, 0.15) is 37.2 Å². The van der Waals surface area contributed by atoms with Crippen LogP contribution in [-0.2, 0) is 10.8 Å². The summed E-state index contributed by atoms with van der Waals surface area (Å²) in [5, 5.41) is 6.06. The Balaban J connectivity index is 2.48. The minimum Gasteiger partial charge on any atom is -0.384 e. The van der Waals surface area contributed by atoms with Crippen molar-refractivity contribution >= 4 is 22.4 Å². The van der Waals surface area contributed by atoms with Gasteiger partial charge in [0.25, 0.3) is 5.91 Å². The molecular weight excluding hydrogens is 274 g/mol. The summed E-state index contributed by atoms with van der Waals surface area (Å²) in [6.07, 6.45) is 5.07. The fourth-order valence-corrected chi connectivity index (χ4v) is 2.30. The van der Waals surface area contributed by atoms with Gasteiger partial charge in [-0.15, -0.1) is 0 Å². The maximum Gasteiger partial charge on any atom is 0.270 e. The van der Waals surface area contributed by atoms with Crippen LogP contribution in [0.2, 0.25) is 0 Å². The molecule has 0 fully saturated rings. The number of hydrogen-bond acceptors (Lipinski definition) is 4. The van der Waals surface area contributed by atoms with Gasteiger partial charge >= 0.3 is 0 Å². The highest BCUT2D eigenvalue weighted by molar-refractivity contribution is 7.84. The first-order valence-corrected chi connectivity index (χ1v) is 8.56. The Morgan fingerprint density at radius 1 is 1.45 bits per heavy atom.